The Morgan fingerprint density at radius 2 is 1.81 bits per heavy atom. The van der Waals surface area contributed by atoms with E-state index >= 15 is 0 Å². The van der Waals surface area contributed by atoms with E-state index in [4.69, 9.17) is 0 Å². The summed E-state index contributed by atoms with van der Waals surface area (Å²) in [4.78, 5) is 8.78. The van der Waals surface area contributed by atoms with Gasteiger partial charge in [0.05, 0.1) is 0 Å². The second-order valence-electron chi connectivity index (χ2n) is 4.25. The number of benzene rings is 1. The zero-order valence-electron chi connectivity index (χ0n) is 9.13. The van der Waals surface area contributed by atoms with E-state index in [2.05, 4.69) is 34.2 Å². The molecule has 0 saturated carbocycles. The van der Waals surface area contributed by atoms with Gasteiger partial charge in [-0.25, -0.2) is 9.97 Å². The molecule has 1 aromatic heterocycles. The molecular formula is C14H14N2. The predicted octanol–water partition coefficient (Wildman–Crippen LogP) is 2.94. The normalized spacial score (nSPS) is 19.1. The molecule has 0 fully saturated rings. The van der Waals surface area contributed by atoms with E-state index < -0.39 is 0 Å². The van der Waals surface area contributed by atoms with Crippen molar-refractivity contribution in [2.75, 3.05) is 0 Å². The minimum absolute atomic E-state index is 0.395. The van der Waals surface area contributed by atoms with Crippen LogP contribution in [-0.4, -0.2) is 9.97 Å². The van der Waals surface area contributed by atoms with Gasteiger partial charge >= 0.3 is 0 Å². The van der Waals surface area contributed by atoms with Crippen molar-refractivity contribution < 1.29 is 0 Å². The lowest BCUT2D eigenvalue weighted by atomic mass is 9.82. The number of fused-ring (bicyclic) bond motifs is 1. The fraction of sp³-hybridized carbons (Fsp3) is 0.286. The van der Waals surface area contributed by atoms with Crippen LogP contribution in [0.3, 0.4) is 0 Å². The number of hydrogen-bond donors (Lipinski definition) is 0. The second kappa shape index (κ2) is 4.05. The lowest BCUT2D eigenvalue weighted by Crippen LogP contribution is -2.13. The Morgan fingerprint density at radius 3 is 2.69 bits per heavy atom. The van der Waals surface area contributed by atoms with Gasteiger partial charge in [-0.15, -0.1) is 0 Å². The van der Waals surface area contributed by atoms with Gasteiger partial charge in [0.2, 0.25) is 0 Å². The number of hydrogen-bond acceptors (Lipinski definition) is 2. The summed E-state index contributed by atoms with van der Waals surface area (Å²) >= 11 is 0. The summed E-state index contributed by atoms with van der Waals surface area (Å²) in [5.41, 5.74) is 2.88. The van der Waals surface area contributed by atoms with Gasteiger partial charge in [0.15, 0.2) is 0 Å². The molecule has 1 aliphatic carbocycles. The van der Waals surface area contributed by atoms with Crippen LogP contribution in [0.25, 0.3) is 0 Å². The van der Waals surface area contributed by atoms with Gasteiger partial charge in [-0.3, -0.25) is 0 Å². The van der Waals surface area contributed by atoms with Crippen LogP contribution >= 0.6 is 0 Å². The van der Waals surface area contributed by atoms with Crippen molar-refractivity contribution >= 4 is 0 Å². The Kier molecular flexibility index (Phi) is 2.41. The lowest BCUT2D eigenvalue weighted by Gasteiger charge is -2.24. The van der Waals surface area contributed by atoms with Gasteiger partial charge in [-0.1, -0.05) is 24.3 Å². The molecule has 2 heteroatoms. The molecule has 0 aliphatic heterocycles. The molecule has 1 heterocycles. The van der Waals surface area contributed by atoms with Crippen molar-refractivity contribution in [2.24, 2.45) is 0 Å². The van der Waals surface area contributed by atoms with Crippen molar-refractivity contribution in [2.45, 2.75) is 25.2 Å². The van der Waals surface area contributed by atoms with Crippen LogP contribution in [0.1, 0.15) is 35.7 Å². The van der Waals surface area contributed by atoms with Crippen LogP contribution < -0.4 is 0 Å². The molecule has 0 N–H and O–H groups in total. The SMILES string of the molecule is c1cnc([C@H]2CCCc3ccccc32)nc1. The molecule has 80 valence electrons. The summed E-state index contributed by atoms with van der Waals surface area (Å²) < 4.78 is 0. The molecule has 0 spiro atoms. The molecule has 3 rings (SSSR count). The smallest absolute Gasteiger partial charge is 0.135 e. The first-order valence-corrected chi connectivity index (χ1v) is 5.80. The highest BCUT2D eigenvalue weighted by Gasteiger charge is 2.22. The Bertz CT molecular complexity index is 479. The fourth-order valence-corrected chi connectivity index (χ4v) is 2.51. The van der Waals surface area contributed by atoms with E-state index in [1.165, 1.54) is 30.4 Å². The first-order chi connectivity index (χ1) is 7.95. The Morgan fingerprint density at radius 1 is 1.00 bits per heavy atom. The third-order valence-electron chi connectivity index (χ3n) is 3.27. The Balaban J connectivity index is 2.05. The second-order valence-corrected chi connectivity index (χ2v) is 4.25. The summed E-state index contributed by atoms with van der Waals surface area (Å²) in [6.45, 7) is 0. The molecule has 2 nitrogen and oxygen atoms in total. The Labute approximate surface area is 95.4 Å². The molecule has 0 radical (unpaired) electrons. The van der Waals surface area contributed by atoms with Gasteiger partial charge in [0, 0.05) is 18.3 Å². The molecule has 0 bridgehead atoms. The third kappa shape index (κ3) is 1.60. The highest BCUT2D eigenvalue weighted by molar-refractivity contribution is 5.36. The van der Waals surface area contributed by atoms with Gasteiger partial charge in [-0.2, -0.15) is 0 Å². The summed E-state index contributed by atoms with van der Waals surface area (Å²) in [6.07, 6.45) is 7.26. The molecule has 16 heavy (non-hydrogen) atoms. The van der Waals surface area contributed by atoms with Crippen LogP contribution in [0, 0.1) is 0 Å². The van der Waals surface area contributed by atoms with Crippen molar-refractivity contribution in [1.82, 2.24) is 9.97 Å². The maximum absolute atomic E-state index is 4.39. The molecule has 1 aliphatic rings. The molecule has 0 amide bonds. The third-order valence-corrected chi connectivity index (χ3v) is 3.27. The first kappa shape index (κ1) is 9.52. The number of aromatic nitrogens is 2. The van der Waals surface area contributed by atoms with Crippen molar-refractivity contribution in [3.8, 4) is 0 Å². The van der Waals surface area contributed by atoms with Gasteiger partial charge in [-0.05, 0) is 36.5 Å². The number of nitrogens with zero attached hydrogens (tertiary/aromatic N) is 2. The molecule has 1 aromatic carbocycles. The quantitative estimate of drug-likeness (QED) is 0.723. The first-order valence-electron chi connectivity index (χ1n) is 5.80. The van der Waals surface area contributed by atoms with E-state index in [0.717, 1.165) is 5.82 Å². The fourth-order valence-electron chi connectivity index (χ4n) is 2.51. The van der Waals surface area contributed by atoms with E-state index in [-0.39, 0.29) is 0 Å². The van der Waals surface area contributed by atoms with E-state index in [9.17, 15) is 0 Å². The van der Waals surface area contributed by atoms with E-state index in [0.29, 0.717) is 5.92 Å². The molecule has 2 aromatic rings. The number of aryl methyl sites for hydroxylation is 1. The summed E-state index contributed by atoms with van der Waals surface area (Å²) in [6, 6.07) is 10.5. The van der Waals surface area contributed by atoms with Gasteiger partial charge < -0.3 is 0 Å². The van der Waals surface area contributed by atoms with Crippen LogP contribution in [0.4, 0.5) is 0 Å². The monoisotopic (exact) mass is 210 g/mol. The average Bonchev–Trinajstić information content (AvgIpc) is 2.39. The average molecular weight is 210 g/mol. The van der Waals surface area contributed by atoms with Crippen molar-refractivity contribution in [3.63, 3.8) is 0 Å². The van der Waals surface area contributed by atoms with Crippen LogP contribution in [-0.2, 0) is 6.42 Å². The summed E-state index contributed by atoms with van der Waals surface area (Å²) in [5, 5.41) is 0. The van der Waals surface area contributed by atoms with Crippen molar-refractivity contribution in [1.29, 1.82) is 0 Å². The molecular weight excluding hydrogens is 196 g/mol. The maximum atomic E-state index is 4.39. The van der Waals surface area contributed by atoms with Gasteiger partial charge in [0.25, 0.3) is 0 Å². The van der Waals surface area contributed by atoms with Gasteiger partial charge in [0.1, 0.15) is 5.82 Å². The van der Waals surface area contributed by atoms with Crippen LogP contribution in [0.15, 0.2) is 42.7 Å². The summed E-state index contributed by atoms with van der Waals surface area (Å²) in [5.74, 6) is 1.36. The predicted molar refractivity (Wildman–Crippen MR) is 63.3 cm³/mol. The minimum atomic E-state index is 0.395. The highest BCUT2D eigenvalue weighted by atomic mass is 14.9. The largest absolute Gasteiger partial charge is 0.241 e. The zero-order valence-corrected chi connectivity index (χ0v) is 9.13. The zero-order chi connectivity index (χ0) is 10.8. The van der Waals surface area contributed by atoms with Crippen LogP contribution in [0.2, 0.25) is 0 Å². The minimum Gasteiger partial charge on any atom is -0.241 e. The van der Waals surface area contributed by atoms with E-state index in [1.807, 2.05) is 18.5 Å². The summed E-state index contributed by atoms with van der Waals surface area (Å²) in [7, 11) is 0. The van der Waals surface area contributed by atoms with Crippen LogP contribution in [0.5, 0.6) is 0 Å². The molecule has 0 unspecified atom stereocenters. The standard InChI is InChI=1S/C14H14N2/c1-2-7-12-11(5-1)6-3-8-13(12)14-15-9-4-10-16-14/h1-2,4-5,7,9-10,13H,3,6,8H2/t13-/m0/s1. The topological polar surface area (TPSA) is 25.8 Å². The Hall–Kier alpha value is -1.70. The van der Waals surface area contributed by atoms with Crippen molar-refractivity contribution in [3.05, 3.63) is 59.7 Å². The number of rotatable bonds is 1. The highest BCUT2D eigenvalue weighted by Crippen LogP contribution is 2.34. The molecule has 0 saturated heterocycles. The maximum Gasteiger partial charge on any atom is 0.135 e. The molecule has 1 atom stereocenters. The lowest BCUT2D eigenvalue weighted by molar-refractivity contribution is 0.590. The van der Waals surface area contributed by atoms with E-state index in [1.54, 1.807) is 0 Å².